The van der Waals surface area contributed by atoms with Gasteiger partial charge in [-0.05, 0) is 19.9 Å². The summed E-state index contributed by atoms with van der Waals surface area (Å²) in [5.41, 5.74) is 13.0. The van der Waals surface area contributed by atoms with Crippen LogP contribution in [0.1, 0.15) is 25.5 Å². The van der Waals surface area contributed by atoms with Gasteiger partial charge in [-0.2, -0.15) is 0 Å². The molecule has 0 aliphatic heterocycles. The predicted molar refractivity (Wildman–Crippen MR) is 74.9 cm³/mol. The number of nitrogens with zero attached hydrogens (tertiary/aromatic N) is 1. The lowest BCUT2D eigenvalue weighted by Gasteiger charge is -2.22. The van der Waals surface area contributed by atoms with Crippen LogP contribution in [0.3, 0.4) is 0 Å². The number of benzene rings is 1. The van der Waals surface area contributed by atoms with Crippen molar-refractivity contribution in [1.82, 2.24) is 0 Å². The van der Waals surface area contributed by atoms with E-state index >= 15 is 0 Å². The Morgan fingerprint density at radius 2 is 1.88 bits per heavy atom. The SMILES string of the molecule is CCN(CC)c1ccc([C@H](N)CN)c(O)c1.Cl. The van der Waals surface area contributed by atoms with Gasteiger partial charge < -0.3 is 21.5 Å². The van der Waals surface area contributed by atoms with Gasteiger partial charge in [0.1, 0.15) is 5.75 Å². The van der Waals surface area contributed by atoms with Crippen molar-refractivity contribution < 1.29 is 5.11 Å². The molecule has 0 aromatic heterocycles. The van der Waals surface area contributed by atoms with Crippen LogP contribution in [0.2, 0.25) is 0 Å². The van der Waals surface area contributed by atoms with Crippen LogP contribution in [0.5, 0.6) is 5.75 Å². The topological polar surface area (TPSA) is 75.5 Å². The third-order valence-corrected chi connectivity index (χ3v) is 2.80. The van der Waals surface area contributed by atoms with Crippen LogP contribution in [0.15, 0.2) is 18.2 Å². The molecule has 98 valence electrons. The second-order valence-electron chi connectivity index (χ2n) is 3.76. The van der Waals surface area contributed by atoms with Gasteiger partial charge in [-0.3, -0.25) is 0 Å². The summed E-state index contributed by atoms with van der Waals surface area (Å²) in [5.74, 6) is 0.224. The lowest BCUT2D eigenvalue weighted by atomic mass is 10.1. The fourth-order valence-corrected chi connectivity index (χ4v) is 1.76. The summed E-state index contributed by atoms with van der Waals surface area (Å²) in [4.78, 5) is 2.16. The first-order valence-electron chi connectivity index (χ1n) is 5.67. The summed E-state index contributed by atoms with van der Waals surface area (Å²) in [6.45, 7) is 6.33. The van der Waals surface area contributed by atoms with Gasteiger partial charge in [0.05, 0.1) is 0 Å². The summed E-state index contributed by atoms with van der Waals surface area (Å²) in [7, 11) is 0. The zero-order chi connectivity index (χ0) is 12.1. The molecule has 0 unspecified atom stereocenters. The van der Waals surface area contributed by atoms with Crippen molar-refractivity contribution in [3.05, 3.63) is 23.8 Å². The number of hydrogen-bond acceptors (Lipinski definition) is 4. The summed E-state index contributed by atoms with van der Waals surface area (Å²) in [6, 6.07) is 5.27. The molecule has 0 saturated carbocycles. The van der Waals surface area contributed by atoms with Gasteiger partial charge in [-0.25, -0.2) is 0 Å². The van der Waals surface area contributed by atoms with E-state index in [2.05, 4.69) is 18.7 Å². The minimum absolute atomic E-state index is 0. The van der Waals surface area contributed by atoms with Gasteiger partial charge in [-0.15, -0.1) is 12.4 Å². The highest BCUT2D eigenvalue weighted by molar-refractivity contribution is 5.85. The standard InChI is InChI=1S/C12H21N3O.ClH/c1-3-15(4-2)9-5-6-10(11(14)8-13)12(16)7-9;/h5-7,11,16H,3-4,8,13-14H2,1-2H3;1H/t11-;/m1./s1. The Labute approximate surface area is 109 Å². The van der Waals surface area contributed by atoms with E-state index in [1.54, 1.807) is 6.07 Å². The zero-order valence-corrected chi connectivity index (χ0v) is 11.2. The second-order valence-corrected chi connectivity index (χ2v) is 3.76. The average molecular weight is 260 g/mol. The largest absolute Gasteiger partial charge is 0.508 e. The molecule has 4 nitrogen and oxygen atoms in total. The normalized spacial score (nSPS) is 11.8. The molecule has 0 bridgehead atoms. The van der Waals surface area contributed by atoms with Crippen molar-refractivity contribution in [3.8, 4) is 5.75 Å². The molecule has 0 radical (unpaired) electrons. The Morgan fingerprint density at radius 3 is 2.29 bits per heavy atom. The van der Waals surface area contributed by atoms with E-state index in [-0.39, 0.29) is 24.2 Å². The highest BCUT2D eigenvalue weighted by atomic mass is 35.5. The summed E-state index contributed by atoms with van der Waals surface area (Å²) >= 11 is 0. The monoisotopic (exact) mass is 259 g/mol. The lowest BCUT2D eigenvalue weighted by molar-refractivity contribution is 0.462. The quantitative estimate of drug-likeness (QED) is 0.751. The summed E-state index contributed by atoms with van der Waals surface area (Å²) < 4.78 is 0. The number of hydrogen-bond donors (Lipinski definition) is 3. The minimum Gasteiger partial charge on any atom is -0.508 e. The minimum atomic E-state index is -0.300. The van der Waals surface area contributed by atoms with Crippen LogP contribution in [0, 0.1) is 0 Å². The highest BCUT2D eigenvalue weighted by Gasteiger charge is 2.11. The molecule has 0 saturated heterocycles. The smallest absolute Gasteiger partial charge is 0.122 e. The first-order valence-corrected chi connectivity index (χ1v) is 5.67. The maximum atomic E-state index is 9.87. The first-order chi connectivity index (χ1) is 7.63. The van der Waals surface area contributed by atoms with E-state index in [0.717, 1.165) is 18.8 Å². The molecule has 1 aromatic carbocycles. The molecule has 17 heavy (non-hydrogen) atoms. The van der Waals surface area contributed by atoms with Crippen molar-refractivity contribution in [1.29, 1.82) is 0 Å². The van der Waals surface area contributed by atoms with Crippen LogP contribution < -0.4 is 16.4 Å². The molecule has 5 heteroatoms. The molecule has 1 aromatic rings. The Morgan fingerprint density at radius 1 is 1.29 bits per heavy atom. The molecular weight excluding hydrogens is 238 g/mol. The fourth-order valence-electron chi connectivity index (χ4n) is 1.76. The summed E-state index contributed by atoms with van der Waals surface area (Å²) in [5, 5.41) is 9.87. The van der Waals surface area contributed by atoms with E-state index in [9.17, 15) is 5.11 Å². The van der Waals surface area contributed by atoms with E-state index < -0.39 is 0 Å². The molecule has 0 amide bonds. The first kappa shape index (κ1) is 16.0. The number of halogens is 1. The predicted octanol–water partition coefficient (Wildman–Crippen LogP) is 1.62. The molecule has 0 fully saturated rings. The Bertz CT molecular complexity index is 343. The number of phenols is 1. The van der Waals surface area contributed by atoms with Gasteiger partial charge in [0, 0.05) is 43.0 Å². The number of anilines is 1. The molecule has 1 rings (SSSR count). The Kier molecular flexibility index (Phi) is 6.95. The average Bonchev–Trinajstić information content (AvgIpc) is 2.30. The third kappa shape index (κ3) is 3.77. The van der Waals surface area contributed by atoms with Gasteiger partial charge in [-0.1, -0.05) is 6.07 Å². The lowest BCUT2D eigenvalue weighted by Crippen LogP contribution is -2.23. The molecule has 1 atom stereocenters. The van der Waals surface area contributed by atoms with Crippen molar-refractivity contribution in [3.63, 3.8) is 0 Å². The van der Waals surface area contributed by atoms with E-state index in [4.69, 9.17) is 11.5 Å². The van der Waals surface area contributed by atoms with Gasteiger partial charge in [0.15, 0.2) is 0 Å². The van der Waals surface area contributed by atoms with Crippen LogP contribution in [-0.2, 0) is 0 Å². The Balaban J connectivity index is 0.00000256. The Hall–Kier alpha value is -0.970. The number of aromatic hydroxyl groups is 1. The second kappa shape index (κ2) is 7.37. The third-order valence-electron chi connectivity index (χ3n) is 2.80. The van der Waals surface area contributed by atoms with Crippen molar-refractivity contribution in [2.45, 2.75) is 19.9 Å². The van der Waals surface area contributed by atoms with Crippen molar-refractivity contribution in [2.24, 2.45) is 11.5 Å². The van der Waals surface area contributed by atoms with Crippen molar-refractivity contribution >= 4 is 18.1 Å². The molecule has 0 heterocycles. The van der Waals surface area contributed by atoms with Crippen LogP contribution in [0.25, 0.3) is 0 Å². The fraction of sp³-hybridized carbons (Fsp3) is 0.500. The van der Waals surface area contributed by atoms with Crippen molar-refractivity contribution in [2.75, 3.05) is 24.5 Å². The zero-order valence-electron chi connectivity index (χ0n) is 10.4. The van der Waals surface area contributed by atoms with E-state index in [0.29, 0.717) is 12.1 Å². The van der Waals surface area contributed by atoms with E-state index in [1.807, 2.05) is 12.1 Å². The van der Waals surface area contributed by atoms with Gasteiger partial charge >= 0.3 is 0 Å². The molecule has 5 N–H and O–H groups in total. The van der Waals surface area contributed by atoms with E-state index in [1.165, 1.54) is 0 Å². The van der Waals surface area contributed by atoms with Gasteiger partial charge in [0.25, 0.3) is 0 Å². The highest BCUT2D eigenvalue weighted by Crippen LogP contribution is 2.27. The van der Waals surface area contributed by atoms with Crippen LogP contribution >= 0.6 is 12.4 Å². The van der Waals surface area contributed by atoms with Crippen LogP contribution in [-0.4, -0.2) is 24.7 Å². The summed E-state index contributed by atoms with van der Waals surface area (Å²) in [6.07, 6.45) is 0. The molecule has 0 aliphatic rings. The maximum Gasteiger partial charge on any atom is 0.122 e. The maximum absolute atomic E-state index is 9.87. The molecule has 0 spiro atoms. The molecular formula is C12H22ClN3O. The number of phenolic OH excluding ortho intramolecular Hbond substituents is 1. The molecule has 0 aliphatic carbocycles. The number of rotatable bonds is 5. The number of nitrogens with two attached hydrogens (primary N) is 2. The van der Waals surface area contributed by atoms with Gasteiger partial charge in [0.2, 0.25) is 0 Å². The van der Waals surface area contributed by atoms with Crippen LogP contribution in [0.4, 0.5) is 5.69 Å².